The molecule has 29 heavy (non-hydrogen) atoms. The van der Waals surface area contributed by atoms with Crippen molar-refractivity contribution in [3.05, 3.63) is 66.2 Å². The molecule has 3 aromatic rings. The standard InChI is InChI=1S/C25H28O3S/c1-6-18-9-7-8-10-21(18)23-13-19-11-12-20(14-22(19)29-23)27-15-25(4,5)16-28-24(26)17(2)3/h7-14H,2,6,15-16H2,1,3-5H3. The number of esters is 1. The van der Waals surface area contributed by atoms with E-state index in [2.05, 4.69) is 56.0 Å². The molecule has 0 unspecified atom stereocenters. The highest BCUT2D eigenvalue weighted by Crippen LogP contribution is 2.37. The van der Waals surface area contributed by atoms with Gasteiger partial charge in [0.1, 0.15) is 5.75 Å². The van der Waals surface area contributed by atoms with E-state index in [0.717, 1.165) is 12.2 Å². The molecular formula is C25H28O3S. The number of carbonyl (C=O) groups is 1. The zero-order chi connectivity index (χ0) is 21.0. The molecule has 3 rings (SSSR count). The van der Waals surface area contributed by atoms with E-state index < -0.39 is 0 Å². The van der Waals surface area contributed by atoms with Crippen molar-refractivity contribution in [2.45, 2.75) is 34.1 Å². The predicted octanol–water partition coefficient (Wildman–Crippen LogP) is 6.66. The van der Waals surface area contributed by atoms with Crippen molar-refractivity contribution in [3.63, 3.8) is 0 Å². The maximum absolute atomic E-state index is 11.6. The van der Waals surface area contributed by atoms with Gasteiger partial charge >= 0.3 is 5.97 Å². The second kappa shape index (κ2) is 8.83. The van der Waals surface area contributed by atoms with Crippen LogP contribution in [0.25, 0.3) is 20.5 Å². The Hall–Kier alpha value is -2.59. The summed E-state index contributed by atoms with van der Waals surface area (Å²) in [7, 11) is 0. The number of hydrogen-bond donors (Lipinski definition) is 0. The van der Waals surface area contributed by atoms with E-state index in [0.29, 0.717) is 12.2 Å². The van der Waals surface area contributed by atoms with Crippen molar-refractivity contribution in [2.24, 2.45) is 5.41 Å². The summed E-state index contributed by atoms with van der Waals surface area (Å²) in [6.07, 6.45) is 1.02. The molecule has 0 aliphatic rings. The van der Waals surface area contributed by atoms with Crippen LogP contribution in [0.3, 0.4) is 0 Å². The Balaban J connectivity index is 1.71. The maximum atomic E-state index is 11.6. The number of carbonyl (C=O) groups excluding carboxylic acids is 1. The summed E-state index contributed by atoms with van der Waals surface area (Å²) in [5.74, 6) is 0.465. The van der Waals surface area contributed by atoms with Crippen molar-refractivity contribution in [1.29, 1.82) is 0 Å². The predicted molar refractivity (Wildman–Crippen MR) is 122 cm³/mol. The molecule has 0 N–H and O–H groups in total. The highest BCUT2D eigenvalue weighted by atomic mass is 32.1. The van der Waals surface area contributed by atoms with Gasteiger partial charge in [0.2, 0.25) is 0 Å². The molecule has 0 aliphatic carbocycles. The zero-order valence-corrected chi connectivity index (χ0v) is 18.4. The van der Waals surface area contributed by atoms with Gasteiger partial charge in [-0.1, -0.05) is 51.6 Å². The van der Waals surface area contributed by atoms with E-state index in [1.165, 1.54) is 26.1 Å². The van der Waals surface area contributed by atoms with Crippen molar-refractivity contribution < 1.29 is 14.3 Å². The minimum Gasteiger partial charge on any atom is -0.493 e. The van der Waals surface area contributed by atoms with E-state index in [1.807, 2.05) is 19.9 Å². The van der Waals surface area contributed by atoms with Crippen molar-refractivity contribution in [1.82, 2.24) is 0 Å². The molecule has 0 aliphatic heterocycles. The normalized spacial score (nSPS) is 11.4. The highest BCUT2D eigenvalue weighted by Gasteiger charge is 2.22. The lowest BCUT2D eigenvalue weighted by Gasteiger charge is -2.24. The monoisotopic (exact) mass is 408 g/mol. The summed E-state index contributed by atoms with van der Waals surface area (Å²) in [6.45, 7) is 12.2. The van der Waals surface area contributed by atoms with Crippen LogP contribution in [0.15, 0.2) is 60.7 Å². The molecular weight excluding hydrogens is 380 g/mol. The first-order valence-corrected chi connectivity index (χ1v) is 10.7. The van der Waals surface area contributed by atoms with E-state index in [4.69, 9.17) is 9.47 Å². The van der Waals surface area contributed by atoms with Gasteiger partial charge in [0.05, 0.1) is 13.2 Å². The fourth-order valence-electron chi connectivity index (χ4n) is 3.01. The molecule has 0 saturated carbocycles. The van der Waals surface area contributed by atoms with Crippen LogP contribution in [-0.2, 0) is 16.0 Å². The number of thiophene rings is 1. The zero-order valence-electron chi connectivity index (χ0n) is 17.6. The fourth-order valence-corrected chi connectivity index (χ4v) is 4.16. The Morgan fingerprint density at radius 2 is 1.86 bits per heavy atom. The van der Waals surface area contributed by atoms with Gasteiger partial charge in [-0.15, -0.1) is 11.3 Å². The third kappa shape index (κ3) is 5.27. The lowest BCUT2D eigenvalue weighted by molar-refractivity contribution is -0.142. The molecule has 152 valence electrons. The lowest BCUT2D eigenvalue weighted by Crippen LogP contribution is -2.28. The largest absolute Gasteiger partial charge is 0.493 e. The van der Waals surface area contributed by atoms with Crippen LogP contribution in [0, 0.1) is 5.41 Å². The number of fused-ring (bicyclic) bond motifs is 1. The van der Waals surface area contributed by atoms with Crippen LogP contribution in [0.4, 0.5) is 0 Å². The maximum Gasteiger partial charge on any atom is 0.333 e. The molecule has 0 atom stereocenters. The van der Waals surface area contributed by atoms with Gasteiger partial charge < -0.3 is 9.47 Å². The number of ether oxygens (including phenoxy) is 2. The first kappa shape index (κ1) is 21.1. The topological polar surface area (TPSA) is 35.5 Å². The molecule has 0 amide bonds. The Morgan fingerprint density at radius 3 is 2.59 bits per heavy atom. The van der Waals surface area contributed by atoms with E-state index in [1.54, 1.807) is 18.3 Å². The summed E-state index contributed by atoms with van der Waals surface area (Å²) in [4.78, 5) is 12.9. The lowest BCUT2D eigenvalue weighted by atomic mass is 9.96. The molecule has 0 radical (unpaired) electrons. The Morgan fingerprint density at radius 1 is 1.10 bits per heavy atom. The summed E-state index contributed by atoms with van der Waals surface area (Å²) >= 11 is 1.79. The molecule has 4 heteroatoms. The second-order valence-electron chi connectivity index (χ2n) is 8.13. The van der Waals surface area contributed by atoms with Gasteiger partial charge in [-0.05, 0) is 54.1 Å². The average molecular weight is 409 g/mol. The van der Waals surface area contributed by atoms with Gasteiger partial charge in [-0.3, -0.25) is 0 Å². The van der Waals surface area contributed by atoms with E-state index in [9.17, 15) is 4.79 Å². The number of aryl methyl sites for hydroxylation is 1. The summed E-state index contributed by atoms with van der Waals surface area (Å²) in [5, 5.41) is 1.22. The van der Waals surface area contributed by atoms with Crippen molar-refractivity contribution >= 4 is 27.4 Å². The minimum atomic E-state index is -0.363. The van der Waals surface area contributed by atoms with Crippen molar-refractivity contribution in [3.8, 4) is 16.2 Å². The minimum absolute atomic E-state index is 0.290. The highest BCUT2D eigenvalue weighted by molar-refractivity contribution is 7.22. The van der Waals surface area contributed by atoms with Crippen molar-refractivity contribution in [2.75, 3.05) is 13.2 Å². The molecule has 0 fully saturated rings. The molecule has 1 heterocycles. The Labute approximate surface area is 177 Å². The second-order valence-corrected chi connectivity index (χ2v) is 9.21. The molecule has 0 saturated heterocycles. The summed E-state index contributed by atoms with van der Waals surface area (Å²) in [6, 6.07) is 17.0. The van der Waals surface area contributed by atoms with Crippen LogP contribution >= 0.6 is 11.3 Å². The first-order valence-electron chi connectivity index (χ1n) is 9.86. The molecule has 0 bridgehead atoms. The molecule has 2 aromatic carbocycles. The van der Waals surface area contributed by atoms with Crippen LogP contribution in [0.1, 0.15) is 33.3 Å². The van der Waals surface area contributed by atoms with Crippen LogP contribution in [-0.4, -0.2) is 19.2 Å². The van der Waals surface area contributed by atoms with Crippen LogP contribution in [0.5, 0.6) is 5.75 Å². The quantitative estimate of drug-likeness (QED) is 0.309. The van der Waals surface area contributed by atoms with Crippen LogP contribution in [0.2, 0.25) is 0 Å². The van der Waals surface area contributed by atoms with Gasteiger partial charge in [0, 0.05) is 20.6 Å². The molecule has 1 aromatic heterocycles. The summed E-state index contributed by atoms with van der Waals surface area (Å²) < 4.78 is 12.5. The van der Waals surface area contributed by atoms with Gasteiger partial charge in [0.15, 0.2) is 0 Å². The smallest absolute Gasteiger partial charge is 0.333 e. The number of rotatable bonds is 8. The molecule has 3 nitrogen and oxygen atoms in total. The summed E-state index contributed by atoms with van der Waals surface area (Å²) in [5.41, 5.74) is 2.78. The first-order chi connectivity index (χ1) is 13.8. The van der Waals surface area contributed by atoms with E-state index >= 15 is 0 Å². The number of hydrogen-bond acceptors (Lipinski definition) is 4. The van der Waals surface area contributed by atoms with E-state index in [-0.39, 0.29) is 18.0 Å². The van der Waals surface area contributed by atoms with Gasteiger partial charge in [-0.25, -0.2) is 4.79 Å². The third-order valence-electron chi connectivity index (χ3n) is 4.73. The Bertz CT molecular complexity index is 1030. The third-order valence-corrected chi connectivity index (χ3v) is 5.86. The van der Waals surface area contributed by atoms with Gasteiger partial charge in [0.25, 0.3) is 0 Å². The number of benzene rings is 2. The fraction of sp³-hybridized carbons (Fsp3) is 0.320. The Kier molecular flexibility index (Phi) is 6.43. The average Bonchev–Trinajstić information content (AvgIpc) is 3.13. The molecule has 0 spiro atoms. The van der Waals surface area contributed by atoms with Crippen LogP contribution < -0.4 is 4.74 Å². The SMILES string of the molecule is C=C(C)C(=O)OCC(C)(C)COc1ccc2cc(-c3ccccc3CC)sc2c1. The van der Waals surface area contributed by atoms with Gasteiger partial charge in [-0.2, -0.15) is 0 Å².